The van der Waals surface area contributed by atoms with E-state index in [9.17, 15) is 0 Å². The quantitative estimate of drug-likeness (QED) is 0.826. The fraction of sp³-hybridized carbons (Fsp3) is 0.357. The van der Waals surface area contributed by atoms with E-state index >= 15 is 0 Å². The summed E-state index contributed by atoms with van der Waals surface area (Å²) >= 11 is 1.74. The minimum Gasteiger partial charge on any atom is -0.397 e. The number of nitrogen functional groups attached to an aromatic ring is 1. The maximum Gasteiger partial charge on any atom is 0.0900 e. The Morgan fingerprint density at radius 2 is 2.00 bits per heavy atom. The normalized spacial score (nSPS) is 12.4. The number of benzene rings is 1. The molecule has 0 bridgehead atoms. The lowest BCUT2D eigenvalue weighted by atomic mass is 10.1. The van der Waals surface area contributed by atoms with Crippen LogP contribution in [0.2, 0.25) is 0 Å². The first-order valence-corrected chi connectivity index (χ1v) is 6.86. The van der Waals surface area contributed by atoms with Crippen LogP contribution in [0.5, 0.6) is 0 Å². The highest BCUT2D eigenvalue weighted by molar-refractivity contribution is 7.11. The third-order valence-corrected chi connectivity index (χ3v) is 4.25. The van der Waals surface area contributed by atoms with E-state index in [2.05, 4.69) is 37.1 Å². The van der Waals surface area contributed by atoms with Crippen LogP contribution in [0.25, 0.3) is 0 Å². The van der Waals surface area contributed by atoms with Crippen molar-refractivity contribution in [3.63, 3.8) is 0 Å². The molecule has 0 spiro atoms. The van der Waals surface area contributed by atoms with E-state index in [1.807, 2.05) is 19.1 Å². The van der Waals surface area contributed by atoms with Crippen LogP contribution in [-0.2, 0) is 0 Å². The highest BCUT2D eigenvalue weighted by Crippen LogP contribution is 2.31. The average Bonchev–Trinajstić information content (AvgIpc) is 2.63. The summed E-state index contributed by atoms with van der Waals surface area (Å²) in [5, 5.41) is 4.60. The van der Waals surface area contributed by atoms with Crippen molar-refractivity contribution in [2.24, 2.45) is 0 Å². The van der Waals surface area contributed by atoms with Gasteiger partial charge in [0.15, 0.2) is 0 Å². The van der Waals surface area contributed by atoms with E-state index in [1.165, 1.54) is 10.4 Å². The Labute approximate surface area is 112 Å². The lowest BCUT2D eigenvalue weighted by Crippen LogP contribution is -2.09. The topological polar surface area (TPSA) is 50.9 Å². The zero-order chi connectivity index (χ0) is 13.3. The molecule has 1 aromatic heterocycles. The minimum absolute atomic E-state index is 0.222. The van der Waals surface area contributed by atoms with Crippen molar-refractivity contribution in [2.45, 2.75) is 33.7 Å². The fourth-order valence-electron chi connectivity index (χ4n) is 2.12. The van der Waals surface area contributed by atoms with Gasteiger partial charge in [-0.05, 0) is 39.3 Å². The van der Waals surface area contributed by atoms with Crippen molar-refractivity contribution in [3.05, 3.63) is 39.3 Å². The smallest absolute Gasteiger partial charge is 0.0900 e. The number of anilines is 2. The zero-order valence-electron chi connectivity index (χ0n) is 11.2. The lowest BCUT2D eigenvalue weighted by Gasteiger charge is -2.18. The summed E-state index contributed by atoms with van der Waals surface area (Å²) in [4.78, 5) is 5.74. The van der Waals surface area contributed by atoms with Crippen molar-refractivity contribution in [1.29, 1.82) is 0 Å². The van der Waals surface area contributed by atoms with Gasteiger partial charge in [-0.25, -0.2) is 4.98 Å². The van der Waals surface area contributed by atoms with Gasteiger partial charge in [0, 0.05) is 4.88 Å². The molecular formula is C14H19N3S. The second-order valence-corrected chi connectivity index (χ2v) is 5.82. The van der Waals surface area contributed by atoms with Gasteiger partial charge in [0.25, 0.3) is 0 Å². The number of nitrogens with one attached hydrogen (secondary N) is 1. The molecule has 3 N–H and O–H groups in total. The molecule has 1 unspecified atom stereocenters. The number of aryl methyl sites for hydroxylation is 3. The minimum atomic E-state index is 0.222. The van der Waals surface area contributed by atoms with Crippen molar-refractivity contribution >= 4 is 22.7 Å². The van der Waals surface area contributed by atoms with Crippen molar-refractivity contribution in [2.75, 3.05) is 11.1 Å². The molecule has 0 aliphatic carbocycles. The number of rotatable bonds is 3. The van der Waals surface area contributed by atoms with E-state index in [1.54, 1.807) is 11.3 Å². The van der Waals surface area contributed by atoms with Crippen LogP contribution >= 0.6 is 11.3 Å². The van der Waals surface area contributed by atoms with Gasteiger partial charge in [0.05, 0.1) is 28.1 Å². The van der Waals surface area contributed by atoms with E-state index in [-0.39, 0.29) is 6.04 Å². The largest absolute Gasteiger partial charge is 0.397 e. The Balaban J connectivity index is 2.26. The maximum atomic E-state index is 6.02. The van der Waals surface area contributed by atoms with Gasteiger partial charge in [-0.2, -0.15) is 0 Å². The molecule has 0 saturated heterocycles. The van der Waals surface area contributed by atoms with E-state index in [4.69, 9.17) is 5.73 Å². The molecule has 2 aromatic rings. The van der Waals surface area contributed by atoms with Crippen molar-refractivity contribution in [3.8, 4) is 0 Å². The molecule has 0 amide bonds. The predicted octanol–water partition coefficient (Wildman–Crippen LogP) is 3.82. The Bertz CT molecular complexity index is 540. The predicted molar refractivity (Wildman–Crippen MR) is 79.2 cm³/mol. The van der Waals surface area contributed by atoms with Gasteiger partial charge in [-0.15, -0.1) is 11.3 Å². The molecule has 2 rings (SSSR count). The lowest BCUT2D eigenvalue weighted by molar-refractivity contribution is 0.888. The molecule has 96 valence electrons. The Kier molecular flexibility index (Phi) is 3.57. The highest BCUT2D eigenvalue weighted by atomic mass is 32.1. The molecule has 0 fully saturated rings. The third kappa shape index (κ3) is 2.48. The summed E-state index contributed by atoms with van der Waals surface area (Å²) in [6.45, 7) is 8.30. The number of aromatic nitrogens is 1. The Hall–Kier alpha value is -1.55. The van der Waals surface area contributed by atoms with Crippen LogP contribution in [0.1, 0.15) is 34.1 Å². The standard InChI is InChI=1S/C14H19N3S/c1-8-6-5-7-12(15)13(8)17-10(3)14-9(2)16-11(4)18-14/h5-7,10,17H,15H2,1-4H3. The van der Waals surface area contributed by atoms with Gasteiger partial charge < -0.3 is 11.1 Å². The molecule has 0 aliphatic rings. The van der Waals surface area contributed by atoms with Crippen LogP contribution in [-0.4, -0.2) is 4.98 Å². The molecule has 18 heavy (non-hydrogen) atoms. The van der Waals surface area contributed by atoms with Crippen LogP contribution in [0, 0.1) is 20.8 Å². The summed E-state index contributed by atoms with van der Waals surface area (Å²) in [5.74, 6) is 0. The van der Waals surface area contributed by atoms with E-state index < -0.39 is 0 Å². The molecule has 0 radical (unpaired) electrons. The third-order valence-electron chi connectivity index (χ3n) is 3.00. The number of hydrogen-bond donors (Lipinski definition) is 2. The maximum absolute atomic E-state index is 6.02. The molecule has 1 heterocycles. The second kappa shape index (κ2) is 4.98. The first-order chi connectivity index (χ1) is 8.49. The van der Waals surface area contributed by atoms with Gasteiger partial charge in [0.1, 0.15) is 0 Å². The summed E-state index contributed by atoms with van der Waals surface area (Å²) in [6.07, 6.45) is 0. The summed E-state index contributed by atoms with van der Waals surface area (Å²) in [7, 11) is 0. The van der Waals surface area contributed by atoms with Gasteiger partial charge in [-0.3, -0.25) is 0 Å². The van der Waals surface area contributed by atoms with Gasteiger partial charge in [0.2, 0.25) is 0 Å². The Morgan fingerprint density at radius 3 is 2.56 bits per heavy atom. The number of para-hydroxylation sites is 1. The number of hydrogen-bond acceptors (Lipinski definition) is 4. The first kappa shape index (κ1) is 12.9. The molecule has 3 nitrogen and oxygen atoms in total. The second-order valence-electron chi connectivity index (χ2n) is 4.59. The van der Waals surface area contributed by atoms with E-state index in [0.717, 1.165) is 22.1 Å². The SMILES string of the molecule is Cc1nc(C)c(C(C)Nc2c(C)cccc2N)s1. The van der Waals surface area contributed by atoms with Crippen LogP contribution in [0.15, 0.2) is 18.2 Å². The van der Waals surface area contributed by atoms with Crippen molar-refractivity contribution < 1.29 is 0 Å². The molecule has 1 atom stereocenters. The molecule has 0 aliphatic heterocycles. The molecular weight excluding hydrogens is 242 g/mol. The summed E-state index contributed by atoms with van der Waals surface area (Å²) in [5.41, 5.74) is 10.1. The number of nitrogens with two attached hydrogens (primary N) is 1. The fourth-order valence-corrected chi connectivity index (χ4v) is 3.05. The monoisotopic (exact) mass is 261 g/mol. The van der Waals surface area contributed by atoms with Gasteiger partial charge in [-0.1, -0.05) is 12.1 Å². The summed E-state index contributed by atoms with van der Waals surface area (Å²) in [6, 6.07) is 6.19. The Morgan fingerprint density at radius 1 is 1.28 bits per heavy atom. The molecule has 4 heteroatoms. The number of thiazole rings is 1. The first-order valence-electron chi connectivity index (χ1n) is 6.04. The van der Waals surface area contributed by atoms with E-state index in [0.29, 0.717) is 0 Å². The highest BCUT2D eigenvalue weighted by Gasteiger charge is 2.14. The number of nitrogens with zero attached hydrogens (tertiary/aromatic N) is 1. The zero-order valence-corrected chi connectivity index (χ0v) is 12.1. The average molecular weight is 261 g/mol. The molecule has 0 saturated carbocycles. The molecule has 1 aromatic carbocycles. The van der Waals surface area contributed by atoms with Crippen LogP contribution < -0.4 is 11.1 Å². The summed E-state index contributed by atoms with van der Waals surface area (Å²) < 4.78 is 0. The van der Waals surface area contributed by atoms with Crippen LogP contribution in [0.3, 0.4) is 0 Å². The van der Waals surface area contributed by atoms with Gasteiger partial charge >= 0.3 is 0 Å². The van der Waals surface area contributed by atoms with Crippen molar-refractivity contribution in [1.82, 2.24) is 4.98 Å². The van der Waals surface area contributed by atoms with Crippen LogP contribution in [0.4, 0.5) is 11.4 Å².